The summed E-state index contributed by atoms with van der Waals surface area (Å²) in [4.78, 5) is 4.65. The van der Waals surface area contributed by atoms with E-state index in [1.807, 2.05) is 19.2 Å². The van der Waals surface area contributed by atoms with Crippen LogP contribution in [0.3, 0.4) is 0 Å². The van der Waals surface area contributed by atoms with Crippen LogP contribution in [0.4, 0.5) is 4.39 Å². The number of nitrogens with one attached hydrogen (secondary N) is 1. The van der Waals surface area contributed by atoms with Gasteiger partial charge in [-0.2, -0.15) is 0 Å². The molecule has 0 fully saturated rings. The van der Waals surface area contributed by atoms with Crippen LogP contribution in [0.5, 0.6) is 0 Å². The molecule has 4 heteroatoms. The Morgan fingerprint density at radius 3 is 2.62 bits per heavy atom. The maximum Gasteiger partial charge on any atom is 0.126 e. The number of halogens is 1. The minimum atomic E-state index is -0.158. The highest BCUT2D eigenvalue weighted by Crippen LogP contribution is 2.26. The number of hydrogen-bond acceptors (Lipinski definition) is 3. The van der Waals surface area contributed by atoms with E-state index in [1.165, 1.54) is 0 Å². The second-order valence-electron chi connectivity index (χ2n) is 6.41. The lowest BCUT2D eigenvalue weighted by Gasteiger charge is -2.14. The zero-order chi connectivity index (χ0) is 15.6. The summed E-state index contributed by atoms with van der Waals surface area (Å²) < 4.78 is 14.0. The van der Waals surface area contributed by atoms with Crippen molar-refractivity contribution in [1.82, 2.24) is 10.3 Å². The first-order chi connectivity index (χ1) is 9.81. The van der Waals surface area contributed by atoms with Gasteiger partial charge in [0.15, 0.2) is 0 Å². The molecule has 0 bridgehead atoms. The molecule has 0 saturated heterocycles. The lowest BCUT2D eigenvalue weighted by Crippen LogP contribution is -2.13. The van der Waals surface area contributed by atoms with Gasteiger partial charge in [0, 0.05) is 23.3 Å². The van der Waals surface area contributed by atoms with Gasteiger partial charge in [0.05, 0.1) is 10.7 Å². The maximum absolute atomic E-state index is 14.0. The highest BCUT2D eigenvalue weighted by molar-refractivity contribution is 7.09. The Bertz CT molecular complexity index is 613. The Kier molecular flexibility index (Phi) is 4.79. The van der Waals surface area contributed by atoms with Crippen molar-refractivity contribution in [2.24, 2.45) is 0 Å². The van der Waals surface area contributed by atoms with Gasteiger partial charge in [0.25, 0.3) is 0 Å². The van der Waals surface area contributed by atoms with Crippen LogP contribution in [0.25, 0.3) is 0 Å². The molecule has 1 heterocycles. The fourth-order valence-electron chi connectivity index (χ4n) is 2.07. The van der Waals surface area contributed by atoms with E-state index >= 15 is 0 Å². The number of benzene rings is 1. The molecule has 2 rings (SSSR count). The number of nitrogens with zero attached hydrogens (tertiary/aromatic N) is 1. The summed E-state index contributed by atoms with van der Waals surface area (Å²) in [5.41, 5.74) is 2.92. The lowest BCUT2D eigenvalue weighted by atomic mass is 9.93. The van der Waals surface area contributed by atoms with Gasteiger partial charge in [0.2, 0.25) is 0 Å². The highest BCUT2D eigenvalue weighted by Gasteiger charge is 2.18. The van der Waals surface area contributed by atoms with Gasteiger partial charge in [-0.15, -0.1) is 11.3 Å². The van der Waals surface area contributed by atoms with Crippen molar-refractivity contribution in [2.75, 3.05) is 7.05 Å². The Morgan fingerprint density at radius 1 is 1.33 bits per heavy atom. The molecular formula is C17H23FN2S. The molecule has 0 radical (unpaired) electrons. The van der Waals surface area contributed by atoms with Gasteiger partial charge in [-0.3, -0.25) is 0 Å². The van der Waals surface area contributed by atoms with E-state index in [9.17, 15) is 4.39 Å². The van der Waals surface area contributed by atoms with Crippen molar-refractivity contribution in [1.29, 1.82) is 0 Å². The van der Waals surface area contributed by atoms with Crippen LogP contribution in [-0.4, -0.2) is 12.0 Å². The van der Waals surface area contributed by atoms with Gasteiger partial charge >= 0.3 is 0 Å². The molecule has 1 aromatic carbocycles. The van der Waals surface area contributed by atoms with Crippen LogP contribution in [0.2, 0.25) is 0 Å². The summed E-state index contributed by atoms with van der Waals surface area (Å²) in [5, 5.41) is 6.22. The number of rotatable bonds is 4. The first kappa shape index (κ1) is 16.1. The van der Waals surface area contributed by atoms with E-state index in [0.717, 1.165) is 16.3 Å². The molecule has 21 heavy (non-hydrogen) atoms. The minimum absolute atomic E-state index is 0.0375. The Morgan fingerprint density at radius 2 is 2.05 bits per heavy atom. The molecule has 0 spiro atoms. The van der Waals surface area contributed by atoms with Gasteiger partial charge in [-0.25, -0.2) is 9.37 Å². The highest BCUT2D eigenvalue weighted by atomic mass is 32.1. The van der Waals surface area contributed by atoms with Gasteiger partial charge in [-0.05, 0) is 31.2 Å². The molecule has 0 aliphatic heterocycles. The summed E-state index contributed by atoms with van der Waals surface area (Å²) in [6, 6.07) is 5.54. The fourth-order valence-corrected chi connectivity index (χ4v) is 3.11. The third kappa shape index (κ3) is 3.89. The third-order valence-electron chi connectivity index (χ3n) is 3.66. The molecule has 114 valence electrons. The Labute approximate surface area is 130 Å². The molecule has 2 aromatic rings. The standard InChI is InChI=1S/C17H23FN2S/c1-11(19-5)12-6-7-14(18)13(8-12)9-16-20-15(10-21-16)17(2,3)4/h6-8,10-11,19H,9H2,1-5H3. The van der Waals surface area contributed by atoms with Crippen molar-refractivity contribution in [3.63, 3.8) is 0 Å². The zero-order valence-corrected chi connectivity index (χ0v) is 14.1. The largest absolute Gasteiger partial charge is 0.313 e. The van der Waals surface area contributed by atoms with Gasteiger partial charge < -0.3 is 5.32 Å². The average molecular weight is 306 g/mol. The van der Waals surface area contributed by atoms with Crippen LogP contribution >= 0.6 is 11.3 Å². The molecule has 1 aromatic heterocycles. The second kappa shape index (κ2) is 6.24. The van der Waals surface area contributed by atoms with Crippen LogP contribution in [-0.2, 0) is 11.8 Å². The lowest BCUT2D eigenvalue weighted by molar-refractivity contribution is 0.570. The molecule has 1 N–H and O–H groups in total. The van der Waals surface area contributed by atoms with E-state index in [1.54, 1.807) is 17.4 Å². The first-order valence-electron chi connectivity index (χ1n) is 7.21. The molecule has 0 aliphatic carbocycles. The monoisotopic (exact) mass is 306 g/mol. The summed E-state index contributed by atoms with van der Waals surface area (Å²) in [6.07, 6.45) is 0.552. The van der Waals surface area contributed by atoms with E-state index in [-0.39, 0.29) is 17.3 Å². The SMILES string of the molecule is CNC(C)c1ccc(F)c(Cc2nc(C(C)(C)C)cs2)c1. The molecule has 0 amide bonds. The first-order valence-corrected chi connectivity index (χ1v) is 8.09. The third-order valence-corrected chi connectivity index (χ3v) is 4.51. The second-order valence-corrected chi connectivity index (χ2v) is 7.36. The smallest absolute Gasteiger partial charge is 0.126 e. The predicted molar refractivity (Wildman–Crippen MR) is 87.5 cm³/mol. The Hall–Kier alpha value is -1.26. The minimum Gasteiger partial charge on any atom is -0.313 e. The summed E-state index contributed by atoms with van der Waals surface area (Å²) >= 11 is 1.61. The van der Waals surface area contributed by atoms with E-state index in [4.69, 9.17) is 0 Å². The van der Waals surface area contributed by atoms with Crippen molar-refractivity contribution in [2.45, 2.75) is 45.6 Å². The summed E-state index contributed by atoms with van der Waals surface area (Å²) in [7, 11) is 1.91. The molecule has 2 nitrogen and oxygen atoms in total. The van der Waals surface area contributed by atoms with Crippen LogP contribution in [0, 0.1) is 5.82 Å². The van der Waals surface area contributed by atoms with E-state index < -0.39 is 0 Å². The predicted octanol–water partition coefficient (Wildman–Crippen LogP) is 4.45. The van der Waals surface area contributed by atoms with Crippen LogP contribution in [0.15, 0.2) is 23.6 Å². The Balaban J connectivity index is 2.25. The summed E-state index contributed by atoms with van der Waals surface area (Å²) in [5.74, 6) is -0.158. The van der Waals surface area contributed by atoms with Crippen LogP contribution < -0.4 is 5.32 Å². The average Bonchev–Trinajstić information content (AvgIpc) is 2.89. The normalized spacial score (nSPS) is 13.4. The van der Waals surface area contributed by atoms with Gasteiger partial charge in [0.1, 0.15) is 5.82 Å². The van der Waals surface area contributed by atoms with Crippen molar-refractivity contribution in [3.8, 4) is 0 Å². The molecule has 1 atom stereocenters. The maximum atomic E-state index is 14.0. The fraction of sp³-hybridized carbons (Fsp3) is 0.471. The topological polar surface area (TPSA) is 24.9 Å². The molecule has 0 saturated carbocycles. The van der Waals surface area contributed by atoms with Crippen LogP contribution in [0.1, 0.15) is 55.6 Å². The number of thiazole rings is 1. The number of hydrogen-bond donors (Lipinski definition) is 1. The zero-order valence-electron chi connectivity index (χ0n) is 13.3. The van der Waals surface area contributed by atoms with Crippen molar-refractivity contribution >= 4 is 11.3 Å². The molecule has 1 unspecified atom stereocenters. The van der Waals surface area contributed by atoms with Crippen molar-refractivity contribution in [3.05, 3.63) is 51.2 Å². The molecular weight excluding hydrogens is 283 g/mol. The van der Waals surface area contributed by atoms with Crippen molar-refractivity contribution < 1.29 is 4.39 Å². The van der Waals surface area contributed by atoms with Gasteiger partial charge in [-0.1, -0.05) is 32.9 Å². The quantitative estimate of drug-likeness (QED) is 0.902. The van der Waals surface area contributed by atoms with E-state index in [0.29, 0.717) is 12.0 Å². The number of aromatic nitrogens is 1. The summed E-state index contributed by atoms with van der Waals surface area (Å²) in [6.45, 7) is 8.49. The molecule has 0 aliphatic rings. The van der Waals surface area contributed by atoms with E-state index in [2.05, 4.69) is 43.4 Å².